The number of sulfonamides is 1. The maximum Gasteiger partial charge on any atom is 0.264 e. The minimum Gasteiger partial charge on any atom is -0.326 e. The van der Waals surface area contributed by atoms with Crippen LogP contribution in [0.4, 0.5) is 23.0 Å². The zero-order valence-corrected chi connectivity index (χ0v) is 26.9. The van der Waals surface area contributed by atoms with Crippen LogP contribution in [0.3, 0.4) is 0 Å². The van der Waals surface area contributed by atoms with Gasteiger partial charge in [-0.05, 0) is 61.0 Å². The fraction of sp³-hybridized carbons (Fsp3) is 0.500. The molecule has 10 heteroatoms. The summed E-state index contributed by atoms with van der Waals surface area (Å²) in [5.41, 5.74) is 1.84. The third-order valence-corrected chi connectivity index (χ3v) is 8.72. The van der Waals surface area contributed by atoms with Crippen LogP contribution in [0.25, 0.3) is 0 Å². The van der Waals surface area contributed by atoms with Crippen molar-refractivity contribution in [1.29, 1.82) is 0 Å². The van der Waals surface area contributed by atoms with Crippen molar-refractivity contribution in [2.75, 3.05) is 10.0 Å². The Bertz CT molecular complexity index is 1350. The van der Waals surface area contributed by atoms with Gasteiger partial charge in [0, 0.05) is 24.5 Å². The van der Waals surface area contributed by atoms with Crippen LogP contribution in [-0.4, -0.2) is 24.3 Å². The van der Waals surface area contributed by atoms with Crippen LogP contribution < -0.4 is 10.0 Å². The van der Waals surface area contributed by atoms with Gasteiger partial charge in [0.05, 0.1) is 16.3 Å². The summed E-state index contributed by atoms with van der Waals surface area (Å²) in [6.07, 6.45) is 23.0. The van der Waals surface area contributed by atoms with Crippen molar-refractivity contribution in [1.82, 2.24) is 9.97 Å². The first-order valence-electron chi connectivity index (χ1n) is 16.2. The second-order valence-electron chi connectivity index (χ2n) is 11.2. The molecule has 3 aromatic rings. The molecule has 0 aliphatic rings. The SMILES string of the molecule is CCCCCCCCCCCCCCCCCC(=O)Nc1ccc(N=Nc2ccc(S(=O)(=O)Nc3ncccn3)cc2)cc1. The number of unbranched alkanes of at least 4 members (excludes halogenated alkanes) is 14. The summed E-state index contributed by atoms with van der Waals surface area (Å²) in [6.45, 7) is 2.27. The summed E-state index contributed by atoms with van der Waals surface area (Å²) in [5.74, 6) is 0.0263. The van der Waals surface area contributed by atoms with E-state index < -0.39 is 10.0 Å². The molecular formula is C34H48N6O3S. The monoisotopic (exact) mass is 620 g/mol. The largest absolute Gasteiger partial charge is 0.326 e. The maximum absolute atomic E-state index is 12.5. The smallest absolute Gasteiger partial charge is 0.264 e. The second-order valence-corrected chi connectivity index (χ2v) is 12.8. The summed E-state index contributed by atoms with van der Waals surface area (Å²) in [4.78, 5) is 20.2. The van der Waals surface area contributed by atoms with E-state index in [1.165, 1.54) is 108 Å². The number of nitrogens with zero attached hydrogens (tertiary/aromatic N) is 4. The molecule has 0 saturated carbocycles. The van der Waals surface area contributed by atoms with E-state index in [9.17, 15) is 13.2 Å². The Morgan fingerprint density at radius 2 is 1.11 bits per heavy atom. The Kier molecular flexibility index (Phi) is 16.1. The summed E-state index contributed by atoms with van der Waals surface area (Å²) in [6, 6.07) is 14.8. The van der Waals surface area contributed by atoms with E-state index >= 15 is 0 Å². The normalized spacial score (nSPS) is 11.6. The zero-order chi connectivity index (χ0) is 31.3. The standard InChI is InChI=1S/C34H48N6O3S/c1-2-3-4-5-6-7-8-9-10-11-12-13-14-15-16-18-33(41)37-29-19-21-30(22-20-29)38-39-31-23-25-32(26-24-31)44(42,43)40-34-35-27-17-28-36-34/h17,19-28H,2-16,18H2,1H3,(H,37,41)(H,35,36,40). The highest BCUT2D eigenvalue weighted by Crippen LogP contribution is 2.23. The van der Waals surface area contributed by atoms with Crippen molar-refractivity contribution in [3.05, 3.63) is 67.0 Å². The van der Waals surface area contributed by atoms with Gasteiger partial charge in [0.1, 0.15) is 0 Å². The zero-order valence-electron chi connectivity index (χ0n) is 26.1. The number of carbonyl (C=O) groups excluding carboxylic acids is 1. The molecule has 1 aromatic heterocycles. The summed E-state index contributed by atoms with van der Waals surface area (Å²) in [5, 5.41) is 11.3. The van der Waals surface area contributed by atoms with E-state index in [2.05, 4.69) is 37.2 Å². The lowest BCUT2D eigenvalue weighted by Gasteiger charge is -2.06. The van der Waals surface area contributed by atoms with Gasteiger partial charge in [-0.25, -0.2) is 23.1 Å². The van der Waals surface area contributed by atoms with Gasteiger partial charge in [-0.3, -0.25) is 4.79 Å². The van der Waals surface area contributed by atoms with Crippen molar-refractivity contribution in [2.45, 2.75) is 115 Å². The predicted molar refractivity (Wildman–Crippen MR) is 178 cm³/mol. The highest BCUT2D eigenvalue weighted by atomic mass is 32.2. The Morgan fingerprint density at radius 3 is 1.61 bits per heavy atom. The van der Waals surface area contributed by atoms with Gasteiger partial charge < -0.3 is 5.32 Å². The van der Waals surface area contributed by atoms with Crippen molar-refractivity contribution >= 4 is 38.9 Å². The average molecular weight is 621 g/mol. The molecule has 9 nitrogen and oxygen atoms in total. The molecule has 1 heterocycles. The molecule has 3 rings (SSSR count). The first-order chi connectivity index (χ1) is 21.5. The summed E-state index contributed by atoms with van der Waals surface area (Å²) < 4.78 is 27.3. The van der Waals surface area contributed by atoms with Crippen molar-refractivity contribution in [3.8, 4) is 0 Å². The van der Waals surface area contributed by atoms with Gasteiger partial charge in [0.2, 0.25) is 11.9 Å². The number of benzene rings is 2. The van der Waals surface area contributed by atoms with E-state index in [1.807, 2.05) is 0 Å². The molecule has 0 radical (unpaired) electrons. The Balaban J connectivity index is 1.25. The van der Waals surface area contributed by atoms with Gasteiger partial charge in [0.15, 0.2) is 0 Å². The van der Waals surface area contributed by atoms with E-state index in [4.69, 9.17) is 0 Å². The maximum atomic E-state index is 12.5. The fourth-order valence-electron chi connectivity index (χ4n) is 4.83. The molecule has 2 aromatic carbocycles. The quantitative estimate of drug-likeness (QED) is 0.0854. The molecule has 0 atom stereocenters. The first-order valence-corrected chi connectivity index (χ1v) is 17.7. The molecule has 238 valence electrons. The number of hydrogen-bond donors (Lipinski definition) is 2. The van der Waals surface area contributed by atoms with Gasteiger partial charge in [-0.15, -0.1) is 0 Å². The van der Waals surface area contributed by atoms with Gasteiger partial charge in [-0.2, -0.15) is 10.2 Å². The van der Waals surface area contributed by atoms with Crippen molar-refractivity contribution in [3.63, 3.8) is 0 Å². The Morgan fingerprint density at radius 1 is 0.659 bits per heavy atom. The fourth-order valence-corrected chi connectivity index (χ4v) is 5.79. The van der Waals surface area contributed by atoms with Gasteiger partial charge in [-0.1, -0.05) is 96.8 Å². The molecule has 0 spiro atoms. The minimum absolute atomic E-state index is 0.000855. The van der Waals surface area contributed by atoms with E-state index in [0.29, 0.717) is 17.8 Å². The predicted octanol–water partition coefficient (Wildman–Crippen LogP) is 9.89. The number of amides is 1. The lowest BCUT2D eigenvalue weighted by molar-refractivity contribution is -0.116. The molecule has 0 aliphatic heterocycles. The van der Waals surface area contributed by atoms with E-state index in [0.717, 1.165) is 18.5 Å². The number of azo groups is 1. The second kappa shape index (κ2) is 20.3. The number of aromatic nitrogens is 2. The highest BCUT2D eigenvalue weighted by molar-refractivity contribution is 7.92. The topological polar surface area (TPSA) is 126 Å². The Hall–Kier alpha value is -3.66. The van der Waals surface area contributed by atoms with Crippen LogP contribution in [0, 0.1) is 0 Å². The van der Waals surface area contributed by atoms with Crippen LogP contribution in [0.1, 0.15) is 110 Å². The number of carbonyl (C=O) groups is 1. The van der Waals surface area contributed by atoms with Crippen LogP contribution >= 0.6 is 0 Å². The summed E-state index contributed by atoms with van der Waals surface area (Å²) >= 11 is 0. The molecule has 0 bridgehead atoms. The van der Waals surface area contributed by atoms with E-state index in [1.54, 1.807) is 42.5 Å². The molecule has 2 N–H and O–H groups in total. The molecule has 44 heavy (non-hydrogen) atoms. The minimum atomic E-state index is -3.81. The average Bonchev–Trinajstić information content (AvgIpc) is 3.03. The third kappa shape index (κ3) is 14.2. The van der Waals surface area contributed by atoms with Crippen LogP contribution in [-0.2, 0) is 14.8 Å². The van der Waals surface area contributed by atoms with Gasteiger partial charge in [0.25, 0.3) is 10.0 Å². The Labute approximate surface area is 263 Å². The molecule has 0 fully saturated rings. The third-order valence-electron chi connectivity index (χ3n) is 7.38. The highest BCUT2D eigenvalue weighted by Gasteiger charge is 2.15. The van der Waals surface area contributed by atoms with Crippen LogP contribution in [0.15, 0.2) is 82.1 Å². The molecule has 0 aliphatic carbocycles. The molecule has 0 unspecified atom stereocenters. The summed E-state index contributed by atoms with van der Waals surface area (Å²) in [7, 11) is -3.81. The number of nitrogens with one attached hydrogen (secondary N) is 2. The first kappa shape index (κ1) is 34.8. The number of anilines is 2. The van der Waals surface area contributed by atoms with Crippen molar-refractivity contribution in [2.24, 2.45) is 10.2 Å². The molecular weight excluding hydrogens is 572 g/mol. The number of hydrogen-bond acceptors (Lipinski definition) is 7. The number of rotatable bonds is 22. The lowest BCUT2D eigenvalue weighted by atomic mass is 10.0. The van der Waals surface area contributed by atoms with Gasteiger partial charge >= 0.3 is 0 Å². The molecule has 0 saturated heterocycles. The lowest BCUT2D eigenvalue weighted by Crippen LogP contribution is -2.14. The van der Waals surface area contributed by atoms with E-state index in [-0.39, 0.29) is 16.8 Å². The molecule has 1 amide bonds. The van der Waals surface area contributed by atoms with Crippen LogP contribution in [0.2, 0.25) is 0 Å². The van der Waals surface area contributed by atoms with Crippen molar-refractivity contribution < 1.29 is 13.2 Å². The van der Waals surface area contributed by atoms with Crippen LogP contribution in [0.5, 0.6) is 0 Å².